The molecule has 0 bridgehead atoms. The molecule has 1 aliphatic rings. The average molecular weight is 577 g/mol. The fraction of sp³-hybridized carbons (Fsp3) is 0.345. The van der Waals surface area contributed by atoms with Crippen molar-refractivity contribution < 1.29 is 23.3 Å². The molecule has 0 aromatic heterocycles. The predicted molar refractivity (Wildman–Crippen MR) is 151 cm³/mol. The second-order valence-corrected chi connectivity index (χ2v) is 18.2. The van der Waals surface area contributed by atoms with Crippen LogP contribution in [-0.2, 0) is 23.3 Å². The Morgan fingerprint density at radius 3 is 1.85 bits per heavy atom. The molecule has 1 unspecified atom stereocenters. The summed E-state index contributed by atoms with van der Waals surface area (Å²) in [5.41, 5.74) is 11.3. The van der Waals surface area contributed by atoms with Gasteiger partial charge in [-0.15, -0.1) is 78.4 Å². The Bertz CT molecular complexity index is 1120. The fourth-order valence-electron chi connectivity index (χ4n) is 3.76. The molecule has 0 saturated heterocycles. The van der Waals surface area contributed by atoms with Gasteiger partial charge >= 0.3 is 41.9 Å². The van der Waals surface area contributed by atoms with Crippen LogP contribution in [0.3, 0.4) is 0 Å². The van der Waals surface area contributed by atoms with E-state index in [2.05, 4.69) is 116 Å². The van der Waals surface area contributed by atoms with Gasteiger partial charge in [0, 0.05) is 0 Å². The van der Waals surface area contributed by atoms with E-state index in [0.29, 0.717) is 5.92 Å². The van der Waals surface area contributed by atoms with E-state index in [1.54, 1.807) is 23.3 Å². The molecule has 0 nitrogen and oxygen atoms in total. The van der Waals surface area contributed by atoms with Crippen molar-refractivity contribution in [1.82, 2.24) is 0 Å². The molecule has 0 aliphatic heterocycles. The zero-order chi connectivity index (χ0) is 23.3. The Morgan fingerprint density at radius 2 is 1.42 bits per heavy atom. The van der Waals surface area contributed by atoms with E-state index in [0.717, 1.165) is 0 Å². The molecule has 3 aromatic carbocycles. The number of benzene rings is 2. The maximum absolute atomic E-state index is 3.36. The Hall–Kier alpha value is -0.790. The summed E-state index contributed by atoms with van der Waals surface area (Å²) in [5, 5.41) is 2.67. The third-order valence-corrected chi connectivity index (χ3v) is 6.16. The molecule has 0 spiro atoms. The SMILES string of the molecule is CC1=[C-]C(C)C(C)=C1C.C[Si](C)=[Zr+2].Cc1cc(-c2c[cH-]c3ccccc23)cc(C)c1C.Cl.Cl. The van der Waals surface area contributed by atoms with Crippen molar-refractivity contribution >= 4 is 41.0 Å². The molecule has 3 aromatic rings. The van der Waals surface area contributed by atoms with Crippen LogP contribution in [0.4, 0.5) is 0 Å². The van der Waals surface area contributed by atoms with E-state index in [1.165, 1.54) is 55.3 Å². The Kier molecular flexibility index (Phi) is 14.2. The summed E-state index contributed by atoms with van der Waals surface area (Å²) in [4.78, 5) is 0. The quantitative estimate of drug-likeness (QED) is 0.200. The van der Waals surface area contributed by atoms with E-state index in [-0.39, 0.29) is 30.2 Å². The van der Waals surface area contributed by atoms with Crippen LogP contribution in [0.15, 0.2) is 65.3 Å². The van der Waals surface area contributed by atoms with E-state index < -0.39 is 0 Å². The zero-order valence-electron chi connectivity index (χ0n) is 21.5. The molecule has 33 heavy (non-hydrogen) atoms. The smallest absolute Gasteiger partial charge is 0.0392 e. The van der Waals surface area contributed by atoms with Crippen LogP contribution in [-0.4, -0.2) is 5.43 Å². The maximum atomic E-state index is 3.36. The number of halogens is 2. The molecule has 176 valence electrons. The van der Waals surface area contributed by atoms with Crippen LogP contribution in [0.1, 0.15) is 44.4 Å². The van der Waals surface area contributed by atoms with Crippen LogP contribution in [0.25, 0.3) is 21.9 Å². The van der Waals surface area contributed by atoms with Crippen LogP contribution in [0.5, 0.6) is 0 Å². The first-order valence-electron chi connectivity index (χ1n) is 11.0. The molecule has 0 amide bonds. The summed E-state index contributed by atoms with van der Waals surface area (Å²) in [5.74, 6) is 0.560. The minimum atomic E-state index is 0. The Balaban J connectivity index is 0.000000580. The van der Waals surface area contributed by atoms with Crippen LogP contribution >= 0.6 is 24.8 Å². The largest absolute Gasteiger partial charge is 0.150 e. The molecule has 0 N–H and O–H groups in total. The summed E-state index contributed by atoms with van der Waals surface area (Å²) in [7, 11) is 0. The summed E-state index contributed by atoms with van der Waals surface area (Å²) in [6.07, 6.45) is 3.36. The number of allylic oxidation sites excluding steroid dienone is 4. The monoisotopic (exact) mass is 574 g/mol. The molecule has 0 fully saturated rings. The molecule has 0 saturated carbocycles. The van der Waals surface area contributed by atoms with Gasteiger partial charge in [0.15, 0.2) is 0 Å². The second kappa shape index (κ2) is 14.6. The van der Waals surface area contributed by atoms with E-state index in [4.69, 9.17) is 0 Å². The summed E-state index contributed by atoms with van der Waals surface area (Å²) in [6.45, 7) is 19.9. The van der Waals surface area contributed by atoms with Gasteiger partial charge in [0.25, 0.3) is 0 Å². The van der Waals surface area contributed by atoms with Gasteiger partial charge in [-0.05, 0) is 37.5 Å². The van der Waals surface area contributed by atoms with E-state index in [9.17, 15) is 0 Å². The topological polar surface area (TPSA) is 0 Å². The molecule has 4 rings (SSSR count). The maximum Gasteiger partial charge on any atom is -0.0392 e. The van der Waals surface area contributed by atoms with Crippen molar-refractivity contribution in [2.24, 2.45) is 5.92 Å². The molecule has 4 heteroatoms. The predicted octanol–water partition coefficient (Wildman–Crippen LogP) is 9.50. The summed E-state index contributed by atoms with van der Waals surface area (Å²) >= 11 is 1.74. The first-order chi connectivity index (χ1) is 14.5. The van der Waals surface area contributed by atoms with E-state index >= 15 is 0 Å². The Labute approximate surface area is 229 Å². The average Bonchev–Trinajstić information content (AvgIpc) is 3.23. The van der Waals surface area contributed by atoms with Crippen molar-refractivity contribution in [2.75, 3.05) is 0 Å². The second-order valence-electron chi connectivity index (χ2n) is 8.87. The van der Waals surface area contributed by atoms with Crippen LogP contribution in [0, 0.1) is 32.8 Å². The van der Waals surface area contributed by atoms with Gasteiger partial charge in [0.1, 0.15) is 0 Å². The van der Waals surface area contributed by atoms with Gasteiger partial charge in [-0.2, -0.15) is 11.1 Å². The van der Waals surface area contributed by atoms with Crippen molar-refractivity contribution in [1.29, 1.82) is 0 Å². The third-order valence-electron chi connectivity index (χ3n) is 6.16. The third kappa shape index (κ3) is 8.74. The van der Waals surface area contributed by atoms with Crippen molar-refractivity contribution in [3.8, 4) is 11.1 Å². The summed E-state index contributed by atoms with van der Waals surface area (Å²) in [6, 6.07) is 17.6. The minimum Gasteiger partial charge on any atom is -0.150 e. The summed E-state index contributed by atoms with van der Waals surface area (Å²) < 4.78 is 0. The molecular weight excluding hydrogens is 539 g/mol. The molecule has 0 radical (unpaired) electrons. The van der Waals surface area contributed by atoms with Gasteiger partial charge < -0.3 is 0 Å². The van der Waals surface area contributed by atoms with Gasteiger partial charge in [0.2, 0.25) is 0 Å². The van der Waals surface area contributed by atoms with Crippen molar-refractivity contribution in [3.05, 3.63) is 88.0 Å². The number of hydrogen-bond donors (Lipinski definition) is 0. The van der Waals surface area contributed by atoms with Crippen LogP contribution < -0.4 is 0 Å². The first kappa shape index (κ1) is 32.2. The van der Waals surface area contributed by atoms with Gasteiger partial charge in [-0.25, -0.2) is 5.57 Å². The first-order valence-corrected chi connectivity index (χ1v) is 17.2. The molecule has 1 atom stereocenters. The number of hydrogen-bond acceptors (Lipinski definition) is 0. The van der Waals surface area contributed by atoms with E-state index in [1.807, 2.05) is 0 Å². The zero-order valence-corrected chi connectivity index (χ0v) is 26.6. The van der Waals surface area contributed by atoms with Crippen molar-refractivity contribution in [3.63, 3.8) is 0 Å². The fourth-order valence-corrected chi connectivity index (χ4v) is 3.76. The molecule has 1 aliphatic carbocycles. The van der Waals surface area contributed by atoms with Crippen LogP contribution in [0.2, 0.25) is 13.1 Å². The van der Waals surface area contributed by atoms with Gasteiger partial charge in [-0.3, -0.25) is 6.08 Å². The number of fused-ring (bicyclic) bond motifs is 1. The number of rotatable bonds is 1. The Morgan fingerprint density at radius 1 is 0.909 bits per heavy atom. The standard InChI is InChI=1S/C18H17.C9H13.C2H6Si.2ClH.Zr/c1-12-10-16(11-13(2)14(12)3)18-9-8-15-6-4-5-7-17(15)18;1-6-5-7(2)9(4)8(6)3;1-3-2;;;/h4-11H,1-3H3;6H,1-4H3;1-2H3;2*1H;/q2*-1;;;;+2. The normalized spacial score (nSPS) is 14.3. The minimum absolute atomic E-state index is 0. The van der Waals surface area contributed by atoms with Gasteiger partial charge in [-0.1, -0.05) is 50.5 Å². The molecule has 0 heterocycles. The van der Waals surface area contributed by atoms with Gasteiger partial charge in [0.05, 0.1) is 0 Å². The number of aryl methyl sites for hydroxylation is 2. The van der Waals surface area contributed by atoms with Crippen molar-refractivity contribution in [2.45, 2.75) is 61.6 Å². The molecular formula is C29H38Cl2SiZr.